The lowest BCUT2D eigenvalue weighted by Crippen LogP contribution is -2.41. The van der Waals surface area contributed by atoms with Crippen LogP contribution in [0.5, 0.6) is 0 Å². The maximum Gasteiger partial charge on any atom is 0.464 e. The average molecular weight is 397 g/mol. The zero-order valence-corrected chi connectivity index (χ0v) is 18.0. The van der Waals surface area contributed by atoms with Crippen molar-refractivity contribution in [1.29, 1.82) is 0 Å². The highest BCUT2D eigenvalue weighted by Gasteiger charge is 2.70. The van der Waals surface area contributed by atoms with E-state index in [1.165, 1.54) is 11.3 Å². The predicted octanol–water partition coefficient (Wildman–Crippen LogP) is 4.26. The summed E-state index contributed by atoms with van der Waals surface area (Å²) in [5.74, 6) is 0.680. The fourth-order valence-electron chi connectivity index (χ4n) is 4.56. The molecule has 1 saturated carbocycles. The smallest absolute Gasteiger partial charge is 0.403 e. The molecular formula is C21H28BN3O2S. The van der Waals surface area contributed by atoms with E-state index in [0.717, 1.165) is 36.8 Å². The number of hydrogen-bond acceptors (Lipinski definition) is 6. The Morgan fingerprint density at radius 3 is 2.64 bits per heavy atom. The van der Waals surface area contributed by atoms with Crippen LogP contribution in [0.4, 0.5) is 0 Å². The molecule has 5 nitrogen and oxygen atoms in total. The Labute approximate surface area is 171 Å². The molecule has 0 amide bonds. The van der Waals surface area contributed by atoms with E-state index in [0.29, 0.717) is 5.92 Å². The monoisotopic (exact) mass is 397 g/mol. The second kappa shape index (κ2) is 6.36. The van der Waals surface area contributed by atoms with E-state index in [1.807, 2.05) is 30.6 Å². The number of piperidine rings is 1. The van der Waals surface area contributed by atoms with Crippen LogP contribution in [0.3, 0.4) is 0 Å². The molecule has 4 heterocycles. The summed E-state index contributed by atoms with van der Waals surface area (Å²) in [4.78, 5) is 12.9. The van der Waals surface area contributed by atoms with Gasteiger partial charge in [0.05, 0.1) is 16.9 Å². The van der Waals surface area contributed by atoms with Gasteiger partial charge < -0.3 is 9.31 Å². The van der Waals surface area contributed by atoms with Crippen molar-refractivity contribution in [3.05, 3.63) is 35.5 Å². The quantitative estimate of drug-likeness (QED) is 0.722. The van der Waals surface area contributed by atoms with E-state index >= 15 is 0 Å². The molecule has 148 valence electrons. The number of rotatable bonds is 4. The number of nitrogens with zero attached hydrogens (tertiary/aromatic N) is 3. The molecule has 28 heavy (non-hydrogen) atoms. The summed E-state index contributed by atoms with van der Waals surface area (Å²) in [6.45, 7) is 11.8. The minimum absolute atomic E-state index is 0.0520. The molecule has 3 aliphatic rings. The van der Waals surface area contributed by atoms with E-state index in [9.17, 15) is 0 Å². The van der Waals surface area contributed by atoms with Gasteiger partial charge in [-0.25, -0.2) is 4.98 Å². The van der Waals surface area contributed by atoms with Crippen LogP contribution in [-0.4, -0.2) is 46.3 Å². The third-order valence-corrected chi connectivity index (χ3v) is 8.20. The van der Waals surface area contributed by atoms with Gasteiger partial charge in [-0.3, -0.25) is 9.88 Å². The summed E-state index contributed by atoms with van der Waals surface area (Å²) < 4.78 is 12.8. The Morgan fingerprint density at radius 1 is 1.18 bits per heavy atom. The van der Waals surface area contributed by atoms with Crippen LogP contribution in [0.2, 0.25) is 5.31 Å². The lowest BCUT2D eigenvalue weighted by molar-refractivity contribution is 0.00578. The van der Waals surface area contributed by atoms with Crippen LogP contribution in [0.1, 0.15) is 45.4 Å². The van der Waals surface area contributed by atoms with E-state index < -0.39 is 0 Å². The summed E-state index contributed by atoms with van der Waals surface area (Å²) in [6, 6.07) is 5.97. The molecule has 0 aromatic carbocycles. The van der Waals surface area contributed by atoms with Gasteiger partial charge in [0.15, 0.2) is 0 Å². The van der Waals surface area contributed by atoms with E-state index in [2.05, 4.69) is 42.6 Å². The standard InChI is InChI=1S/C21H28BN3O2S/c1-19(2)20(3,4)27-22(26-19)21-8-10-25(13-15(21)11-21)14-16-12-24-18(28-16)17-7-5-6-9-23-17/h5-7,9,12,15H,8,10-11,13-14H2,1-4H3. The molecule has 0 spiro atoms. The van der Waals surface area contributed by atoms with Crippen molar-refractivity contribution in [2.24, 2.45) is 5.92 Å². The molecule has 5 rings (SSSR count). The second-order valence-corrected chi connectivity index (χ2v) is 10.7. The first-order valence-electron chi connectivity index (χ1n) is 10.2. The van der Waals surface area contributed by atoms with E-state index in [1.54, 1.807) is 11.3 Å². The number of hydrogen-bond donors (Lipinski definition) is 0. The molecule has 2 saturated heterocycles. The van der Waals surface area contributed by atoms with Crippen LogP contribution in [-0.2, 0) is 15.9 Å². The summed E-state index contributed by atoms with van der Waals surface area (Å²) in [5, 5.41) is 1.24. The SMILES string of the molecule is CC1(C)OB(C23CCN(Cc4cnc(-c5ccccn5)s4)CC2C3)OC1(C)C. The Morgan fingerprint density at radius 2 is 1.96 bits per heavy atom. The molecule has 2 aromatic rings. The summed E-state index contributed by atoms with van der Waals surface area (Å²) in [6.07, 6.45) is 6.21. The highest BCUT2D eigenvalue weighted by atomic mass is 32.1. The van der Waals surface area contributed by atoms with Crippen molar-refractivity contribution in [2.45, 2.75) is 63.6 Å². The Bertz CT molecular complexity index is 856. The zero-order chi connectivity index (χ0) is 19.6. The molecule has 0 radical (unpaired) electrons. The molecule has 1 aliphatic carbocycles. The summed E-state index contributed by atoms with van der Waals surface area (Å²) in [5.41, 5.74) is 0.488. The van der Waals surface area contributed by atoms with E-state index in [4.69, 9.17) is 9.31 Å². The minimum Gasteiger partial charge on any atom is -0.403 e. The number of thiazole rings is 1. The molecule has 2 aliphatic heterocycles. The number of fused-ring (bicyclic) bond motifs is 1. The van der Waals surface area contributed by atoms with Crippen molar-refractivity contribution in [1.82, 2.24) is 14.9 Å². The normalized spacial score (nSPS) is 31.0. The fourth-order valence-corrected chi connectivity index (χ4v) is 5.49. The molecule has 2 aromatic heterocycles. The Kier molecular flexibility index (Phi) is 4.26. The number of likely N-dealkylation sites (tertiary alicyclic amines) is 1. The maximum atomic E-state index is 6.40. The average Bonchev–Trinajstić information content (AvgIpc) is 3.12. The second-order valence-electron chi connectivity index (χ2n) is 9.55. The first kappa shape index (κ1) is 18.7. The van der Waals surface area contributed by atoms with Crippen molar-refractivity contribution in [3.8, 4) is 10.7 Å². The lowest BCUT2D eigenvalue weighted by Gasteiger charge is -2.32. The van der Waals surface area contributed by atoms with Crippen LogP contribution in [0, 0.1) is 5.92 Å². The van der Waals surface area contributed by atoms with Gasteiger partial charge in [0.2, 0.25) is 0 Å². The Balaban J connectivity index is 1.22. The zero-order valence-electron chi connectivity index (χ0n) is 17.1. The largest absolute Gasteiger partial charge is 0.464 e. The van der Waals surface area contributed by atoms with Gasteiger partial charge in [-0.05, 0) is 65.1 Å². The molecule has 2 unspecified atom stereocenters. The van der Waals surface area contributed by atoms with Crippen LogP contribution in [0.25, 0.3) is 10.7 Å². The van der Waals surface area contributed by atoms with Crippen molar-refractivity contribution < 1.29 is 9.31 Å². The number of aromatic nitrogens is 2. The van der Waals surface area contributed by atoms with Crippen molar-refractivity contribution in [3.63, 3.8) is 0 Å². The molecule has 2 atom stereocenters. The topological polar surface area (TPSA) is 47.5 Å². The Hall–Kier alpha value is -1.28. The summed E-state index contributed by atoms with van der Waals surface area (Å²) in [7, 11) is -0.0520. The van der Waals surface area contributed by atoms with Crippen molar-refractivity contribution >= 4 is 18.5 Å². The van der Waals surface area contributed by atoms with Gasteiger partial charge in [0, 0.05) is 35.7 Å². The van der Waals surface area contributed by atoms with Gasteiger partial charge in [0.25, 0.3) is 0 Å². The molecule has 7 heteroatoms. The van der Waals surface area contributed by atoms with Crippen LogP contribution in [0.15, 0.2) is 30.6 Å². The molecular weight excluding hydrogens is 369 g/mol. The molecule has 3 fully saturated rings. The minimum atomic E-state index is -0.235. The van der Waals surface area contributed by atoms with Gasteiger partial charge in [-0.2, -0.15) is 0 Å². The number of pyridine rings is 1. The first-order valence-corrected chi connectivity index (χ1v) is 11.0. The van der Waals surface area contributed by atoms with Crippen LogP contribution >= 0.6 is 11.3 Å². The maximum absolute atomic E-state index is 6.40. The molecule has 0 bridgehead atoms. The highest BCUT2D eigenvalue weighted by Crippen LogP contribution is 2.69. The summed E-state index contributed by atoms with van der Waals surface area (Å²) >= 11 is 1.75. The predicted molar refractivity (Wildman–Crippen MR) is 112 cm³/mol. The first-order chi connectivity index (χ1) is 13.3. The van der Waals surface area contributed by atoms with Gasteiger partial charge >= 0.3 is 7.12 Å². The van der Waals surface area contributed by atoms with Crippen molar-refractivity contribution in [2.75, 3.05) is 13.1 Å². The lowest BCUT2D eigenvalue weighted by atomic mass is 9.63. The van der Waals surface area contributed by atoms with Gasteiger partial charge in [-0.1, -0.05) is 6.07 Å². The third kappa shape index (κ3) is 3.03. The fraction of sp³-hybridized carbons (Fsp3) is 0.619. The van der Waals surface area contributed by atoms with Crippen LogP contribution < -0.4 is 0 Å². The van der Waals surface area contributed by atoms with Gasteiger partial charge in [0.1, 0.15) is 5.01 Å². The third-order valence-electron chi connectivity index (χ3n) is 7.19. The highest BCUT2D eigenvalue weighted by molar-refractivity contribution is 7.14. The van der Waals surface area contributed by atoms with Gasteiger partial charge in [-0.15, -0.1) is 11.3 Å². The van der Waals surface area contributed by atoms with E-state index in [-0.39, 0.29) is 23.6 Å². The molecule has 0 N–H and O–H groups in total.